The predicted octanol–water partition coefficient (Wildman–Crippen LogP) is 1.64. The summed E-state index contributed by atoms with van der Waals surface area (Å²) in [6, 6.07) is 0. The highest BCUT2D eigenvalue weighted by Gasteiger charge is 2.46. The molecule has 6 nitrogen and oxygen atoms in total. The maximum atomic E-state index is 12.7. The Labute approximate surface area is 139 Å². The van der Waals surface area contributed by atoms with Gasteiger partial charge in [-0.1, -0.05) is 0 Å². The molecule has 2 aromatic rings. The Balaban J connectivity index is 1.33. The summed E-state index contributed by atoms with van der Waals surface area (Å²) < 4.78 is 1.81. The van der Waals surface area contributed by atoms with Gasteiger partial charge in [0, 0.05) is 50.7 Å². The number of carbonyl (C=O) groups is 1. The number of rotatable bonds is 3. The summed E-state index contributed by atoms with van der Waals surface area (Å²) in [5.74, 6) is 0.845. The topological polar surface area (TPSA) is 54.3 Å². The lowest BCUT2D eigenvalue weighted by atomic mass is 10.2. The van der Waals surface area contributed by atoms with Gasteiger partial charge in [-0.05, 0) is 24.8 Å². The molecular weight excluding hydrogens is 310 g/mol. The molecule has 3 heterocycles. The normalized spacial score (nSPS) is 24.1. The summed E-state index contributed by atoms with van der Waals surface area (Å²) in [6.07, 6.45) is 4.89. The fourth-order valence-electron chi connectivity index (χ4n) is 3.31. The van der Waals surface area contributed by atoms with Crippen LogP contribution in [0.1, 0.15) is 23.6 Å². The molecule has 23 heavy (non-hydrogen) atoms. The molecule has 2 atom stereocenters. The van der Waals surface area contributed by atoms with E-state index in [1.54, 1.807) is 11.3 Å². The lowest BCUT2D eigenvalue weighted by Gasteiger charge is -2.34. The highest BCUT2D eigenvalue weighted by atomic mass is 32.1. The molecule has 2 aliphatic rings. The Morgan fingerprint density at radius 1 is 1.30 bits per heavy atom. The minimum Gasteiger partial charge on any atom is -0.345 e. The number of hydrogen-bond acceptors (Lipinski definition) is 5. The van der Waals surface area contributed by atoms with E-state index in [-0.39, 0.29) is 5.92 Å². The molecule has 2 aromatic heterocycles. The van der Waals surface area contributed by atoms with Crippen LogP contribution in [-0.4, -0.2) is 51.8 Å². The maximum Gasteiger partial charge on any atom is 0.226 e. The molecule has 1 saturated heterocycles. The lowest BCUT2D eigenvalue weighted by molar-refractivity contribution is -0.132. The van der Waals surface area contributed by atoms with Crippen LogP contribution in [0, 0.1) is 12.8 Å². The second kappa shape index (κ2) is 5.63. The van der Waals surface area contributed by atoms with Crippen molar-refractivity contribution in [1.82, 2.24) is 19.7 Å². The van der Waals surface area contributed by atoms with E-state index in [4.69, 9.17) is 0 Å². The van der Waals surface area contributed by atoms with E-state index in [0.717, 1.165) is 43.4 Å². The maximum absolute atomic E-state index is 12.7. The third-order valence-corrected chi connectivity index (χ3v) is 5.75. The van der Waals surface area contributed by atoms with E-state index >= 15 is 0 Å². The Morgan fingerprint density at radius 2 is 2.09 bits per heavy atom. The first kappa shape index (κ1) is 14.7. The second-order valence-corrected chi connectivity index (χ2v) is 7.32. The number of hydrogen-bond donors (Lipinski definition) is 0. The SMILES string of the molecule is Cc1csc(N2CCN(C(=O)[C@@H]3C[C@H]3c3cnn(C)c3)CC2)n1. The van der Waals surface area contributed by atoms with Crippen LogP contribution in [0.25, 0.3) is 0 Å². The summed E-state index contributed by atoms with van der Waals surface area (Å²) in [7, 11) is 1.92. The fraction of sp³-hybridized carbons (Fsp3) is 0.562. The molecule has 7 heteroatoms. The van der Waals surface area contributed by atoms with Gasteiger partial charge in [0.05, 0.1) is 11.9 Å². The molecule has 1 aliphatic carbocycles. The Morgan fingerprint density at radius 3 is 2.70 bits per heavy atom. The molecule has 0 aromatic carbocycles. The van der Waals surface area contributed by atoms with Gasteiger partial charge < -0.3 is 9.80 Å². The van der Waals surface area contributed by atoms with Gasteiger partial charge >= 0.3 is 0 Å². The van der Waals surface area contributed by atoms with Crippen LogP contribution in [0.5, 0.6) is 0 Å². The smallest absolute Gasteiger partial charge is 0.226 e. The van der Waals surface area contributed by atoms with Gasteiger partial charge in [-0.2, -0.15) is 5.10 Å². The van der Waals surface area contributed by atoms with Gasteiger partial charge in [0.25, 0.3) is 0 Å². The van der Waals surface area contributed by atoms with Crippen molar-refractivity contribution in [1.29, 1.82) is 0 Å². The molecule has 1 saturated carbocycles. The highest BCUT2D eigenvalue weighted by Crippen LogP contribution is 2.48. The van der Waals surface area contributed by atoms with Crippen LogP contribution in [-0.2, 0) is 11.8 Å². The van der Waals surface area contributed by atoms with E-state index < -0.39 is 0 Å². The van der Waals surface area contributed by atoms with E-state index in [0.29, 0.717) is 11.8 Å². The van der Waals surface area contributed by atoms with Crippen molar-refractivity contribution in [3.63, 3.8) is 0 Å². The third kappa shape index (κ3) is 2.85. The number of thiazole rings is 1. The summed E-state index contributed by atoms with van der Waals surface area (Å²) in [5, 5.41) is 7.37. The molecule has 0 unspecified atom stereocenters. The van der Waals surface area contributed by atoms with Crippen LogP contribution in [0.2, 0.25) is 0 Å². The first-order valence-electron chi connectivity index (χ1n) is 8.06. The summed E-state index contributed by atoms with van der Waals surface area (Å²) in [6.45, 7) is 5.37. The van der Waals surface area contributed by atoms with E-state index in [2.05, 4.69) is 20.4 Å². The molecule has 4 rings (SSSR count). The quantitative estimate of drug-likeness (QED) is 0.858. The monoisotopic (exact) mass is 331 g/mol. The van der Waals surface area contributed by atoms with Crippen molar-refractivity contribution in [2.75, 3.05) is 31.1 Å². The minimum absolute atomic E-state index is 0.160. The van der Waals surface area contributed by atoms with Crippen LogP contribution < -0.4 is 4.90 Å². The Bertz CT molecular complexity index is 716. The molecule has 0 N–H and O–H groups in total. The third-order valence-electron chi connectivity index (χ3n) is 4.73. The number of nitrogens with zero attached hydrogens (tertiary/aromatic N) is 5. The van der Waals surface area contributed by atoms with Crippen LogP contribution in [0.15, 0.2) is 17.8 Å². The van der Waals surface area contributed by atoms with Gasteiger partial charge in [0.1, 0.15) is 0 Å². The minimum atomic E-state index is 0.160. The summed E-state index contributed by atoms with van der Waals surface area (Å²) in [5.41, 5.74) is 2.27. The predicted molar refractivity (Wildman–Crippen MR) is 89.7 cm³/mol. The molecule has 1 aliphatic heterocycles. The van der Waals surface area contributed by atoms with E-state index in [9.17, 15) is 4.79 Å². The number of piperazine rings is 1. The molecular formula is C16H21N5OS. The Kier molecular flexibility index (Phi) is 3.60. The largest absolute Gasteiger partial charge is 0.345 e. The second-order valence-electron chi connectivity index (χ2n) is 6.48. The first-order chi connectivity index (χ1) is 11.1. The summed E-state index contributed by atoms with van der Waals surface area (Å²) >= 11 is 1.69. The average Bonchev–Trinajstić information content (AvgIpc) is 3.05. The first-order valence-corrected chi connectivity index (χ1v) is 8.94. The number of anilines is 1. The zero-order valence-electron chi connectivity index (χ0n) is 13.5. The van der Waals surface area contributed by atoms with Crippen LogP contribution in [0.3, 0.4) is 0 Å². The van der Waals surface area contributed by atoms with Crippen molar-refractivity contribution < 1.29 is 4.79 Å². The van der Waals surface area contributed by atoms with Gasteiger partial charge in [0.15, 0.2) is 5.13 Å². The highest BCUT2D eigenvalue weighted by molar-refractivity contribution is 7.13. The van der Waals surface area contributed by atoms with Crippen LogP contribution >= 0.6 is 11.3 Å². The molecule has 122 valence electrons. The van der Waals surface area contributed by atoms with E-state index in [1.165, 1.54) is 5.56 Å². The molecule has 2 fully saturated rings. The van der Waals surface area contributed by atoms with Crippen molar-refractivity contribution >= 4 is 22.4 Å². The van der Waals surface area contributed by atoms with Crippen molar-refractivity contribution in [3.05, 3.63) is 29.0 Å². The van der Waals surface area contributed by atoms with Crippen LogP contribution in [0.4, 0.5) is 5.13 Å². The van der Waals surface area contributed by atoms with Gasteiger partial charge in [-0.15, -0.1) is 11.3 Å². The van der Waals surface area contributed by atoms with Gasteiger partial charge in [-0.25, -0.2) is 4.98 Å². The molecule has 0 spiro atoms. The zero-order chi connectivity index (χ0) is 16.0. The fourth-order valence-corrected chi connectivity index (χ4v) is 4.16. The number of carbonyl (C=O) groups excluding carboxylic acids is 1. The molecule has 0 bridgehead atoms. The molecule has 1 amide bonds. The zero-order valence-corrected chi connectivity index (χ0v) is 14.3. The molecule has 0 radical (unpaired) electrons. The van der Waals surface area contributed by atoms with Crippen molar-refractivity contribution in [2.24, 2.45) is 13.0 Å². The van der Waals surface area contributed by atoms with Gasteiger partial charge in [0.2, 0.25) is 5.91 Å². The standard InChI is InChI=1S/C16H21N5OS/c1-11-10-23-16(18-11)21-5-3-20(4-6-21)15(22)14-7-13(14)12-8-17-19(2)9-12/h8-10,13-14H,3-7H2,1-2H3/t13-,14+/m0/s1. The van der Waals surface area contributed by atoms with Crippen molar-refractivity contribution in [3.8, 4) is 0 Å². The average molecular weight is 331 g/mol. The lowest BCUT2D eigenvalue weighted by Crippen LogP contribution is -2.49. The van der Waals surface area contributed by atoms with Crippen molar-refractivity contribution in [2.45, 2.75) is 19.3 Å². The summed E-state index contributed by atoms with van der Waals surface area (Å²) in [4.78, 5) is 21.5. The van der Waals surface area contributed by atoms with E-state index in [1.807, 2.05) is 35.9 Å². The number of aromatic nitrogens is 3. The Hall–Kier alpha value is -1.89. The number of amides is 1. The van der Waals surface area contributed by atoms with Gasteiger partial charge in [-0.3, -0.25) is 9.48 Å². The number of aryl methyl sites for hydroxylation is 2.